The van der Waals surface area contributed by atoms with Crippen LogP contribution in [-0.4, -0.2) is 0 Å². The van der Waals surface area contributed by atoms with E-state index in [1.807, 2.05) is 11.3 Å². The fraction of sp³-hybridized carbons (Fsp3) is 0.333. The van der Waals surface area contributed by atoms with Crippen LogP contribution in [0, 0.1) is 0 Å². The van der Waals surface area contributed by atoms with Crippen molar-refractivity contribution in [3.8, 4) is 0 Å². The predicted molar refractivity (Wildman–Crippen MR) is 222 cm³/mol. The summed E-state index contributed by atoms with van der Waals surface area (Å²) in [4.78, 5) is 6.54. The maximum absolute atomic E-state index is 2.58. The quantitative estimate of drug-likeness (QED) is 0.182. The van der Waals surface area contributed by atoms with Gasteiger partial charge in [0.25, 0.3) is 0 Å². The molecule has 1 atom stereocenters. The summed E-state index contributed by atoms with van der Waals surface area (Å²) in [6, 6.07) is 40.1. The van der Waals surface area contributed by atoms with Gasteiger partial charge in [0, 0.05) is 31.9 Å². The largest absolute Gasteiger partial charge is 0.310 e. The van der Waals surface area contributed by atoms with Crippen LogP contribution in [0.25, 0.3) is 10.1 Å². The summed E-state index contributed by atoms with van der Waals surface area (Å²) in [6.07, 6.45) is 0. The Balaban J connectivity index is 1.45. The SMILES string of the molecule is CC(C)c1ccc2c(c1)C1c3sc4ccc(C(C)(C)C)cc4c3N(c3ccc(C(C)(C)C)cc3)c3cccc(c31)N2c1ccc(C(C)(C)C)cc1. The van der Waals surface area contributed by atoms with E-state index in [9.17, 15) is 0 Å². The van der Waals surface area contributed by atoms with Gasteiger partial charge in [-0.25, -0.2) is 0 Å². The molecule has 0 saturated heterocycles. The zero-order valence-electron chi connectivity index (χ0n) is 32.3. The summed E-state index contributed by atoms with van der Waals surface area (Å²) in [5.41, 5.74) is 16.0. The van der Waals surface area contributed by atoms with Crippen LogP contribution < -0.4 is 9.80 Å². The van der Waals surface area contributed by atoms with E-state index in [2.05, 4.69) is 189 Å². The molecule has 0 amide bonds. The van der Waals surface area contributed by atoms with Crippen LogP contribution in [0.2, 0.25) is 0 Å². The molecule has 2 nitrogen and oxygen atoms in total. The van der Waals surface area contributed by atoms with Crippen molar-refractivity contribution >= 4 is 55.5 Å². The molecule has 1 aromatic heterocycles. The highest BCUT2D eigenvalue weighted by atomic mass is 32.1. The zero-order chi connectivity index (χ0) is 36.2. The standard InChI is InChI=1S/C48H52N2S/c1-29(2)30-15-25-38-36(27-30)42-43-39(49(38)34-21-16-31(17-22-34)46(3,4)5)13-12-14-40(43)50(35-23-18-32(19-24-35)47(6,7)8)44-37-28-33(48(9,10)11)20-26-41(37)51-45(42)44/h12-29,42H,1-11H3. The van der Waals surface area contributed by atoms with Crippen molar-refractivity contribution in [2.24, 2.45) is 0 Å². The second kappa shape index (κ2) is 11.6. The Morgan fingerprint density at radius 2 is 1.08 bits per heavy atom. The average Bonchev–Trinajstić information content (AvgIpc) is 3.45. The Morgan fingerprint density at radius 1 is 0.549 bits per heavy atom. The maximum Gasteiger partial charge on any atom is 0.0689 e. The van der Waals surface area contributed by atoms with Gasteiger partial charge in [-0.05, 0) is 105 Å². The summed E-state index contributed by atoms with van der Waals surface area (Å²) in [6.45, 7) is 25.4. The van der Waals surface area contributed by atoms with Crippen molar-refractivity contribution in [3.63, 3.8) is 0 Å². The van der Waals surface area contributed by atoms with Crippen molar-refractivity contribution in [2.45, 2.75) is 104 Å². The molecule has 0 fully saturated rings. The molecule has 0 aliphatic carbocycles. The first-order chi connectivity index (χ1) is 24.0. The van der Waals surface area contributed by atoms with Crippen LogP contribution in [0.5, 0.6) is 0 Å². The summed E-state index contributed by atoms with van der Waals surface area (Å²) in [7, 11) is 0. The first-order valence-electron chi connectivity index (χ1n) is 18.7. The van der Waals surface area contributed by atoms with Crippen LogP contribution in [0.1, 0.15) is 126 Å². The minimum absolute atomic E-state index is 0.0502. The third-order valence-corrected chi connectivity index (χ3v) is 12.3. The maximum atomic E-state index is 2.58. The van der Waals surface area contributed by atoms with Crippen LogP contribution >= 0.6 is 11.3 Å². The molecule has 8 rings (SSSR count). The second-order valence-electron chi connectivity index (χ2n) is 18.2. The van der Waals surface area contributed by atoms with E-state index in [0.29, 0.717) is 5.92 Å². The molecule has 0 bridgehead atoms. The van der Waals surface area contributed by atoms with E-state index in [0.717, 1.165) is 0 Å². The number of rotatable bonds is 3. The van der Waals surface area contributed by atoms with Gasteiger partial charge < -0.3 is 9.80 Å². The number of anilines is 6. The van der Waals surface area contributed by atoms with Crippen molar-refractivity contribution < 1.29 is 0 Å². The molecule has 1 unspecified atom stereocenters. The molecule has 2 aliphatic rings. The first kappa shape index (κ1) is 33.8. The van der Waals surface area contributed by atoms with E-state index in [-0.39, 0.29) is 22.2 Å². The topological polar surface area (TPSA) is 6.48 Å². The molecule has 2 aliphatic heterocycles. The number of benzene rings is 5. The third-order valence-electron chi connectivity index (χ3n) is 11.1. The lowest BCUT2D eigenvalue weighted by Gasteiger charge is -2.44. The molecular weight excluding hydrogens is 637 g/mol. The molecular formula is C48H52N2S. The highest BCUT2D eigenvalue weighted by Crippen LogP contribution is 2.63. The molecule has 3 heterocycles. The van der Waals surface area contributed by atoms with Gasteiger partial charge in [0.05, 0.1) is 28.7 Å². The summed E-state index contributed by atoms with van der Waals surface area (Å²) >= 11 is 1.98. The lowest BCUT2D eigenvalue weighted by Crippen LogP contribution is -2.28. The molecule has 3 heteroatoms. The van der Waals surface area contributed by atoms with Crippen molar-refractivity contribution in [2.75, 3.05) is 9.80 Å². The minimum Gasteiger partial charge on any atom is -0.310 e. The Hall–Kier alpha value is -4.34. The van der Waals surface area contributed by atoms with Gasteiger partial charge in [0.15, 0.2) is 0 Å². The Morgan fingerprint density at radius 3 is 1.63 bits per heavy atom. The minimum atomic E-state index is 0.0502. The lowest BCUT2D eigenvalue weighted by molar-refractivity contribution is 0.590. The molecule has 0 saturated carbocycles. The highest BCUT2D eigenvalue weighted by molar-refractivity contribution is 7.20. The molecule has 51 heavy (non-hydrogen) atoms. The zero-order valence-corrected chi connectivity index (χ0v) is 33.1. The van der Waals surface area contributed by atoms with Gasteiger partial charge in [0.1, 0.15) is 0 Å². The molecule has 260 valence electrons. The van der Waals surface area contributed by atoms with E-state index in [1.165, 1.54) is 82.5 Å². The van der Waals surface area contributed by atoms with Gasteiger partial charge in [-0.2, -0.15) is 0 Å². The van der Waals surface area contributed by atoms with Gasteiger partial charge in [-0.15, -0.1) is 11.3 Å². The van der Waals surface area contributed by atoms with Crippen LogP contribution in [-0.2, 0) is 16.2 Å². The van der Waals surface area contributed by atoms with Crippen molar-refractivity contribution in [3.05, 3.63) is 141 Å². The molecule has 0 N–H and O–H groups in total. The number of thiophene rings is 1. The highest BCUT2D eigenvalue weighted by Gasteiger charge is 2.43. The third kappa shape index (κ3) is 5.51. The van der Waals surface area contributed by atoms with Gasteiger partial charge in [-0.3, -0.25) is 0 Å². The van der Waals surface area contributed by atoms with Crippen molar-refractivity contribution in [1.82, 2.24) is 0 Å². The van der Waals surface area contributed by atoms with E-state index in [4.69, 9.17) is 0 Å². The Bertz CT molecular complexity index is 2280. The van der Waals surface area contributed by atoms with Crippen LogP contribution in [0.3, 0.4) is 0 Å². The second-order valence-corrected chi connectivity index (χ2v) is 19.2. The normalized spacial score (nSPS) is 15.6. The van der Waals surface area contributed by atoms with Gasteiger partial charge >= 0.3 is 0 Å². The smallest absolute Gasteiger partial charge is 0.0689 e. The van der Waals surface area contributed by atoms with Crippen molar-refractivity contribution in [1.29, 1.82) is 0 Å². The molecule has 0 spiro atoms. The summed E-state index contributed by atoms with van der Waals surface area (Å²) in [5.74, 6) is 0.565. The Kier molecular flexibility index (Phi) is 7.67. The average molecular weight is 689 g/mol. The van der Waals surface area contributed by atoms with Crippen LogP contribution in [0.15, 0.2) is 103 Å². The van der Waals surface area contributed by atoms with Crippen LogP contribution in [0.4, 0.5) is 34.1 Å². The predicted octanol–water partition coefficient (Wildman–Crippen LogP) is 14.7. The molecule has 6 aromatic rings. The van der Waals surface area contributed by atoms with Gasteiger partial charge in [-0.1, -0.05) is 125 Å². The molecule has 0 radical (unpaired) electrons. The number of hydrogen-bond donors (Lipinski definition) is 0. The Labute approximate surface area is 309 Å². The number of fused-ring (bicyclic) bond motifs is 6. The van der Waals surface area contributed by atoms with E-state index < -0.39 is 0 Å². The summed E-state index contributed by atoms with van der Waals surface area (Å²) < 4.78 is 1.35. The fourth-order valence-electron chi connectivity index (χ4n) is 8.04. The first-order valence-corrected chi connectivity index (χ1v) is 19.5. The fourth-order valence-corrected chi connectivity index (χ4v) is 9.33. The monoisotopic (exact) mass is 688 g/mol. The van der Waals surface area contributed by atoms with E-state index >= 15 is 0 Å². The summed E-state index contributed by atoms with van der Waals surface area (Å²) in [5, 5.41) is 1.35. The van der Waals surface area contributed by atoms with E-state index in [1.54, 1.807) is 0 Å². The van der Waals surface area contributed by atoms with Gasteiger partial charge in [0.2, 0.25) is 0 Å². The molecule has 5 aromatic carbocycles. The number of hydrogen-bond acceptors (Lipinski definition) is 3. The lowest BCUT2D eigenvalue weighted by atomic mass is 9.77. The number of nitrogens with zero attached hydrogens (tertiary/aromatic N) is 2.